The molecule has 0 aliphatic carbocycles. The second kappa shape index (κ2) is 10.2. The van der Waals surface area contributed by atoms with Crippen LogP contribution in [0.5, 0.6) is 0 Å². The van der Waals surface area contributed by atoms with Crippen molar-refractivity contribution in [1.29, 1.82) is 0 Å². The molecule has 176 valence electrons. The number of halogens is 1. The molecule has 2 aromatic carbocycles. The molecule has 1 amide bonds. The number of nitrogens with zero attached hydrogens (tertiary/aromatic N) is 5. The van der Waals surface area contributed by atoms with Gasteiger partial charge < -0.3 is 9.80 Å². The first-order valence-electron chi connectivity index (χ1n) is 11.2. The smallest absolute Gasteiger partial charge is 0.288 e. The van der Waals surface area contributed by atoms with E-state index in [2.05, 4.69) is 22.0 Å². The van der Waals surface area contributed by atoms with Crippen molar-refractivity contribution in [2.45, 2.75) is 26.7 Å². The molecule has 0 N–H and O–H groups in total. The summed E-state index contributed by atoms with van der Waals surface area (Å²) in [6, 6.07) is 14.4. The van der Waals surface area contributed by atoms with E-state index in [1.807, 2.05) is 32.0 Å². The van der Waals surface area contributed by atoms with Crippen molar-refractivity contribution >= 4 is 29.0 Å². The largest absolute Gasteiger partial charge is 0.354 e. The van der Waals surface area contributed by atoms with Gasteiger partial charge in [-0.25, -0.2) is 9.97 Å². The van der Waals surface area contributed by atoms with Crippen LogP contribution in [-0.4, -0.2) is 51.9 Å². The quantitative estimate of drug-likeness (QED) is 0.392. The van der Waals surface area contributed by atoms with Gasteiger partial charge in [0.1, 0.15) is 16.7 Å². The number of nitro groups is 1. The van der Waals surface area contributed by atoms with Gasteiger partial charge in [0, 0.05) is 55.5 Å². The van der Waals surface area contributed by atoms with Crippen molar-refractivity contribution in [1.82, 2.24) is 14.9 Å². The zero-order valence-electron chi connectivity index (χ0n) is 19.2. The summed E-state index contributed by atoms with van der Waals surface area (Å²) in [4.78, 5) is 37.1. The average molecular weight is 480 g/mol. The van der Waals surface area contributed by atoms with Crippen LogP contribution in [0.1, 0.15) is 39.4 Å². The Morgan fingerprint density at radius 2 is 1.82 bits per heavy atom. The third-order valence-electron chi connectivity index (χ3n) is 6.00. The van der Waals surface area contributed by atoms with Crippen LogP contribution in [0, 0.1) is 24.0 Å². The van der Waals surface area contributed by atoms with Crippen LogP contribution < -0.4 is 4.90 Å². The number of anilines is 1. The standard InChI is InChI=1S/C25H26ClN5O3/c1-17-21(15-19-7-4-3-5-8-19)24(28-18(2)27-17)29-11-6-12-30(14-13-29)25(32)20-9-10-22(26)23(16-20)31(33)34/h3-5,7-10,16H,6,11-15H2,1-2H3. The summed E-state index contributed by atoms with van der Waals surface area (Å²) in [5.74, 6) is 1.39. The normalized spacial score (nSPS) is 14.1. The fraction of sp³-hybridized carbons (Fsp3) is 0.320. The van der Waals surface area contributed by atoms with E-state index in [4.69, 9.17) is 16.6 Å². The monoisotopic (exact) mass is 479 g/mol. The van der Waals surface area contributed by atoms with Crippen molar-refractivity contribution in [3.05, 3.63) is 91.9 Å². The minimum atomic E-state index is -0.572. The lowest BCUT2D eigenvalue weighted by atomic mass is 10.0. The van der Waals surface area contributed by atoms with Crippen molar-refractivity contribution in [2.75, 3.05) is 31.1 Å². The van der Waals surface area contributed by atoms with Crippen LogP contribution in [-0.2, 0) is 6.42 Å². The molecule has 8 nitrogen and oxygen atoms in total. The fourth-order valence-corrected chi connectivity index (χ4v) is 4.47. The van der Waals surface area contributed by atoms with Crippen molar-refractivity contribution < 1.29 is 9.72 Å². The molecule has 0 radical (unpaired) electrons. The van der Waals surface area contributed by atoms with Crippen LogP contribution in [0.4, 0.5) is 11.5 Å². The molecular weight excluding hydrogens is 454 g/mol. The number of carbonyl (C=O) groups excluding carboxylic acids is 1. The molecule has 1 aromatic heterocycles. The summed E-state index contributed by atoms with van der Waals surface area (Å²) in [6.07, 6.45) is 1.49. The van der Waals surface area contributed by atoms with Gasteiger partial charge in [-0.1, -0.05) is 41.9 Å². The predicted molar refractivity (Wildman–Crippen MR) is 132 cm³/mol. The molecule has 0 bridgehead atoms. The lowest BCUT2D eigenvalue weighted by Gasteiger charge is -2.26. The Balaban J connectivity index is 1.55. The molecule has 3 aromatic rings. The molecule has 0 spiro atoms. The molecule has 9 heteroatoms. The van der Waals surface area contributed by atoms with Gasteiger partial charge in [-0.05, 0) is 38.0 Å². The molecule has 34 heavy (non-hydrogen) atoms. The first kappa shape index (κ1) is 23.6. The number of aromatic nitrogens is 2. The fourth-order valence-electron chi connectivity index (χ4n) is 4.29. The van der Waals surface area contributed by atoms with Gasteiger partial charge in [-0.3, -0.25) is 14.9 Å². The molecule has 1 fully saturated rings. The molecule has 1 aliphatic rings. The highest BCUT2D eigenvalue weighted by Crippen LogP contribution is 2.27. The number of hydrogen-bond donors (Lipinski definition) is 0. The summed E-state index contributed by atoms with van der Waals surface area (Å²) in [5.41, 5.74) is 3.24. The summed E-state index contributed by atoms with van der Waals surface area (Å²) < 4.78 is 0. The maximum absolute atomic E-state index is 13.1. The summed E-state index contributed by atoms with van der Waals surface area (Å²) in [7, 11) is 0. The van der Waals surface area contributed by atoms with Gasteiger partial charge in [-0.2, -0.15) is 0 Å². The number of rotatable bonds is 5. The summed E-state index contributed by atoms with van der Waals surface area (Å²) in [5, 5.41) is 11.2. The van der Waals surface area contributed by atoms with Gasteiger partial charge in [-0.15, -0.1) is 0 Å². The van der Waals surface area contributed by atoms with E-state index in [1.54, 1.807) is 4.90 Å². The second-order valence-corrected chi connectivity index (χ2v) is 8.78. The highest BCUT2D eigenvalue weighted by Gasteiger charge is 2.25. The highest BCUT2D eigenvalue weighted by atomic mass is 35.5. The lowest BCUT2D eigenvalue weighted by molar-refractivity contribution is -0.384. The van der Waals surface area contributed by atoms with Crippen LogP contribution in [0.15, 0.2) is 48.5 Å². The molecule has 0 atom stereocenters. The lowest BCUT2D eigenvalue weighted by Crippen LogP contribution is -2.35. The molecule has 1 aliphatic heterocycles. The Morgan fingerprint density at radius 1 is 1.06 bits per heavy atom. The molecule has 0 unspecified atom stereocenters. The summed E-state index contributed by atoms with van der Waals surface area (Å²) >= 11 is 5.91. The first-order chi connectivity index (χ1) is 16.3. The van der Waals surface area contributed by atoms with E-state index in [0.717, 1.165) is 42.3 Å². The molecule has 0 saturated carbocycles. The van der Waals surface area contributed by atoms with E-state index >= 15 is 0 Å². The van der Waals surface area contributed by atoms with Gasteiger partial charge in [0.15, 0.2) is 0 Å². The topological polar surface area (TPSA) is 92.5 Å². The Bertz CT molecular complexity index is 1220. The Kier molecular flexibility index (Phi) is 7.07. The van der Waals surface area contributed by atoms with E-state index in [1.165, 1.54) is 23.8 Å². The number of hydrogen-bond acceptors (Lipinski definition) is 6. The molecule has 4 rings (SSSR count). The van der Waals surface area contributed by atoms with E-state index in [0.29, 0.717) is 19.6 Å². The van der Waals surface area contributed by atoms with Crippen LogP contribution in [0.3, 0.4) is 0 Å². The maximum atomic E-state index is 13.1. The van der Waals surface area contributed by atoms with E-state index in [-0.39, 0.29) is 22.2 Å². The van der Waals surface area contributed by atoms with Gasteiger partial charge in [0.05, 0.1) is 4.92 Å². The third-order valence-corrected chi connectivity index (χ3v) is 6.32. The van der Waals surface area contributed by atoms with E-state index < -0.39 is 4.92 Å². The zero-order valence-corrected chi connectivity index (χ0v) is 20.0. The van der Waals surface area contributed by atoms with Gasteiger partial charge in [0.2, 0.25) is 0 Å². The third kappa shape index (κ3) is 5.17. The van der Waals surface area contributed by atoms with Crippen molar-refractivity contribution in [3.63, 3.8) is 0 Å². The molecule has 1 saturated heterocycles. The Hall–Kier alpha value is -3.52. The first-order valence-corrected chi connectivity index (χ1v) is 11.6. The number of amides is 1. The van der Waals surface area contributed by atoms with Crippen LogP contribution in [0.25, 0.3) is 0 Å². The van der Waals surface area contributed by atoms with Gasteiger partial charge >= 0.3 is 0 Å². The number of carbonyl (C=O) groups is 1. The van der Waals surface area contributed by atoms with Crippen molar-refractivity contribution in [3.8, 4) is 0 Å². The number of benzene rings is 2. The zero-order chi connectivity index (χ0) is 24.2. The SMILES string of the molecule is Cc1nc(C)c(Cc2ccccc2)c(N2CCCN(C(=O)c3ccc(Cl)c([N+](=O)[O-])c3)CC2)n1. The maximum Gasteiger partial charge on any atom is 0.288 e. The highest BCUT2D eigenvalue weighted by molar-refractivity contribution is 6.32. The van der Waals surface area contributed by atoms with Crippen molar-refractivity contribution in [2.24, 2.45) is 0 Å². The number of aryl methyl sites for hydroxylation is 2. The average Bonchev–Trinajstić information content (AvgIpc) is 3.07. The Morgan fingerprint density at radius 3 is 2.56 bits per heavy atom. The second-order valence-electron chi connectivity index (χ2n) is 8.38. The number of nitro benzene ring substituents is 1. The molecule has 2 heterocycles. The van der Waals surface area contributed by atoms with Crippen LogP contribution >= 0.6 is 11.6 Å². The summed E-state index contributed by atoms with van der Waals surface area (Å²) in [6.45, 7) is 6.31. The van der Waals surface area contributed by atoms with E-state index in [9.17, 15) is 14.9 Å². The minimum absolute atomic E-state index is 0.0176. The van der Waals surface area contributed by atoms with Crippen LogP contribution in [0.2, 0.25) is 5.02 Å². The molecular formula is C25H26ClN5O3. The predicted octanol–water partition coefficient (Wildman–Crippen LogP) is 4.60. The Labute approximate surface area is 203 Å². The minimum Gasteiger partial charge on any atom is -0.354 e. The van der Waals surface area contributed by atoms with Gasteiger partial charge in [0.25, 0.3) is 11.6 Å².